The maximum absolute atomic E-state index is 12.5. The van der Waals surface area contributed by atoms with Crippen molar-refractivity contribution in [1.82, 2.24) is 4.90 Å². The van der Waals surface area contributed by atoms with Crippen LogP contribution >= 0.6 is 0 Å². The van der Waals surface area contributed by atoms with Gasteiger partial charge in [-0.3, -0.25) is 19.3 Å². The van der Waals surface area contributed by atoms with E-state index in [1.165, 1.54) is 19.2 Å². The molecular formula is C19H18N2O3. The third kappa shape index (κ3) is 2.58. The fraction of sp³-hybridized carbons (Fsp3) is 0.211. The molecule has 1 heterocycles. The lowest BCUT2D eigenvalue weighted by molar-refractivity contribution is 0.0693. The first-order valence-corrected chi connectivity index (χ1v) is 7.77. The van der Waals surface area contributed by atoms with E-state index in [0.717, 1.165) is 16.2 Å². The minimum absolute atomic E-state index is 0.271. The van der Waals surface area contributed by atoms with Crippen LogP contribution in [0.1, 0.15) is 56.4 Å². The summed E-state index contributed by atoms with van der Waals surface area (Å²) in [7, 11) is 1.43. The van der Waals surface area contributed by atoms with Crippen LogP contribution in [-0.2, 0) is 0 Å². The van der Waals surface area contributed by atoms with E-state index in [-0.39, 0.29) is 29.2 Å². The van der Waals surface area contributed by atoms with Crippen molar-refractivity contribution < 1.29 is 14.4 Å². The van der Waals surface area contributed by atoms with Gasteiger partial charge in [-0.25, -0.2) is 0 Å². The highest BCUT2D eigenvalue weighted by Crippen LogP contribution is 2.26. The van der Waals surface area contributed by atoms with Crippen molar-refractivity contribution >= 4 is 23.4 Å². The number of imide groups is 1. The number of benzene rings is 2. The largest absolute Gasteiger partial charge is 0.322 e. The van der Waals surface area contributed by atoms with Gasteiger partial charge in [0, 0.05) is 18.3 Å². The van der Waals surface area contributed by atoms with Crippen LogP contribution in [0.3, 0.4) is 0 Å². The Bertz CT molecular complexity index is 855. The first kappa shape index (κ1) is 15.9. The smallest absolute Gasteiger partial charge is 0.261 e. The summed E-state index contributed by atoms with van der Waals surface area (Å²) < 4.78 is 0. The van der Waals surface area contributed by atoms with Crippen LogP contribution in [0.4, 0.5) is 5.69 Å². The second kappa shape index (κ2) is 5.92. The second-order valence-electron chi connectivity index (χ2n) is 6.13. The maximum Gasteiger partial charge on any atom is 0.261 e. The number of nitrogens with zero attached hydrogens (tertiary/aromatic N) is 1. The summed E-state index contributed by atoms with van der Waals surface area (Å²) in [5.41, 5.74) is 2.74. The minimum atomic E-state index is -0.382. The zero-order valence-electron chi connectivity index (χ0n) is 13.8. The third-order valence-electron chi connectivity index (χ3n) is 4.18. The molecule has 0 spiro atoms. The Morgan fingerprint density at radius 1 is 1.00 bits per heavy atom. The van der Waals surface area contributed by atoms with Crippen LogP contribution in [0.5, 0.6) is 0 Å². The number of rotatable bonds is 3. The zero-order chi connectivity index (χ0) is 17.4. The molecule has 3 rings (SSSR count). The van der Waals surface area contributed by atoms with Crippen molar-refractivity contribution in [2.75, 3.05) is 12.4 Å². The number of carbonyl (C=O) groups is 3. The van der Waals surface area contributed by atoms with E-state index >= 15 is 0 Å². The van der Waals surface area contributed by atoms with Crippen LogP contribution in [0.2, 0.25) is 0 Å². The Hall–Kier alpha value is -2.95. The number of anilines is 1. The molecule has 2 aromatic rings. The number of nitrogens with one attached hydrogen (secondary N) is 1. The molecule has 3 amide bonds. The normalized spacial score (nSPS) is 13.4. The minimum Gasteiger partial charge on any atom is -0.322 e. The molecule has 0 aromatic heterocycles. The van der Waals surface area contributed by atoms with Crippen molar-refractivity contribution in [2.45, 2.75) is 19.8 Å². The summed E-state index contributed by atoms with van der Waals surface area (Å²) in [6, 6.07) is 12.2. The van der Waals surface area contributed by atoms with Crippen LogP contribution in [0.25, 0.3) is 0 Å². The number of fused-ring (bicyclic) bond motifs is 1. The number of hydrogen-bond acceptors (Lipinski definition) is 3. The molecule has 122 valence electrons. The predicted octanol–water partition coefficient (Wildman–Crippen LogP) is 3.29. The average Bonchev–Trinajstić information content (AvgIpc) is 2.79. The highest BCUT2D eigenvalue weighted by atomic mass is 16.2. The van der Waals surface area contributed by atoms with Crippen molar-refractivity contribution in [2.24, 2.45) is 0 Å². The highest BCUT2D eigenvalue weighted by molar-refractivity contribution is 6.22. The van der Waals surface area contributed by atoms with Gasteiger partial charge in [-0.2, -0.15) is 0 Å². The molecule has 2 aromatic carbocycles. The summed E-state index contributed by atoms with van der Waals surface area (Å²) in [6.07, 6.45) is 0. The second-order valence-corrected chi connectivity index (χ2v) is 6.13. The summed E-state index contributed by atoms with van der Waals surface area (Å²) in [4.78, 5) is 37.6. The number of hydrogen-bond donors (Lipinski definition) is 1. The van der Waals surface area contributed by atoms with E-state index in [4.69, 9.17) is 0 Å². The van der Waals surface area contributed by atoms with Gasteiger partial charge >= 0.3 is 0 Å². The summed E-state index contributed by atoms with van der Waals surface area (Å²) in [5, 5.41) is 2.89. The van der Waals surface area contributed by atoms with Gasteiger partial charge in [-0.05, 0) is 35.7 Å². The molecule has 5 heteroatoms. The van der Waals surface area contributed by atoms with Crippen LogP contribution in [0.15, 0.2) is 42.5 Å². The van der Waals surface area contributed by atoms with E-state index in [9.17, 15) is 14.4 Å². The van der Waals surface area contributed by atoms with Gasteiger partial charge < -0.3 is 5.32 Å². The highest BCUT2D eigenvalue weighted by Gasteiger charge is 2.33. The quantitative estimate of drug-likeness (QED) is 0.882. The molecule has 0 saturated heterocycles. The van der Waals surface area contributed by atoms with Gasteiger partial charge in [0.1, 0.15) is 0 Å². The van der Waals surface area contributed by atoms with Gasteiger partial charge in [0.2, 0.25) is 0 Å². The maximum atomic E-state index is 12.5. The fourth-order valence-corrected chi connectivity index (χ4v) is 2.81. The standard InChI is InChI=1S/C19H18N2O3/c1-11(2)13-6-4-5-7-16(13)20-17(22)12-8-9-14-15(10-12)19(24)21(3)18(14)23/h4-11H,1-3H3,(H,20,22). The monoisotopic (exact) mass is 322 g/mol. The fourth-order valence-electron chi connectivity index (χ4n) is 2.81. The van der Waals surface area contributed by atoms with E-state index in [1.54, 1.807) is 6.07 Å². The Morgan fingerprint density at radius 2 is 1.67 bits per heavy atom. The predicted molar refractivity (Wildman–Crippen MR) is 91.4 cm³/mol. The zero-order valence-corrected chi connectivity index (χ0v) is 13.8. The molecule has 24 heavy (non-hydrogen) atoms. The third-order valence-corrected chi connectivity index (χ3v) is 4.18. The molecular weight excluding hydrogens is 304 g/mol. The van der Waals surface area contributed by atoms with Gasteiger partial charge in [0.05, 0.1) is 11.1 Å². The van der Waals surface area contributed by atoms with Gasteiger partial charge in [0.15, 0.2) is 0 Å². The molecule has 0 fully saturated rings. The molecule has 1 aliphatic rings. The lowest BCUT2D eigenvalue weighted by Crippen LogP contribution is -2.24. The lowest BCUT2D eigenvalue weighted by Gasteiger charge is -2.13. The molecule has 0 atom stereocenters. The summed E-state index contributed by atoms with van der Waals surface area (Å²) in [5.74, 6) is -0.755. The van der Waals surface area contributed by atoms with E-state index in [0.29, 0.717) is 11.1 Å². The molecule has 0 aliphatic carbocycles. The van der Waals surface area contributed by atoms with Crippen molar-refractivity contribution in [3.8, 4) is 0 Å². The molecule has 1 aliphatic heterocycles. The van der Waals surface area contributed by atoms with Gasteiger partial charge in [0.25, 0.3) is 17.7 Å². The number of carbonyl (C=O) groups excluding carboxylic acids is 3. The Balaban J connectivity index is 1.91. The SMILES string of the molecule is CC(C)c1ccccc1NC(=O)c1ccc2c(c1)C(=O)N(C)C2=O. The first-order valence-electron chi connectivity index (χ1n) is 7.77. The Kier molecular flexibility index (Phi) is 3.93. The molecule has 0 radical (unpaired) electrons. The lowest BCUT2D eigenvalue weighted by atomic mass is 10.0. The molecule has 0 saturated carbocycles. The van der Waals surface area contributed by atoms with E-state index in [2.05, 4.69) is 19.2 Å². The Morgan fingerprint density at radius 3 is 2.38 bits per heavy atom. The topological polar surface area (TPSA) is 66.5 Å². The van der Waals surface area contributed by atoms with Crippen LogP contribution in [-0.4, -0.2) is 29.7 Å². The first-order chi connectivity index (χ1) is 11.4. The average molecular weight is 322 g/mol. The van der Waals surface area contributed by atoms with Crippen LogP contribution < -0.4 is 5.32 Å². The number of amides is 3. The number of para-hydroxylation sites is 1. The molecule has 5 nitrogen and oxygen atoms in total. The molecule has 0 unspecified atom stereocenters. The van der Waals surface area contributed by atoms with Crippen LogP contribution in [0, 0.1) is 0 Å². The van der Waals surface area contributed by atoms with Crippen molar-refractivity contribution in [3.05, 3.63) is 64.7 Å². The van der Waals surface area contributed by atoms with Crippen molar-refractivity contribution in [3.63, 3.8) is 0 Å². The summed E-state index contributed by atoms with van der Waals surface area (Å²) >= 11 is 0. The van der Waals surface area contributed by atoms with Gasteiger partial charge in [-0.15, -0.1) is 0 Å². The Labute approximate surface area is 140 Å². The molecule has 1 N–H and O–H groups in total. The van der Waals surface area contributed by atoms with Gasteiger partial charge in [-0.1, -0.05) is 32.0 Å². The van der Waals surface area contributed by atoms with Crippen molar-refractivity contribution in [1.29, 1.82) is 0 Å². The molecule has 0 bridgehead atoms. The van der Waals surface area contributed by atoms with E-state index in [1.807, 2.05) is 24.3 Å². The van der Waals surface area contributed by atoms with E-state index < -0.39 is 0 Å². The summed E-state index contributed by atoms with van der Waals surface area (Å²) in [6.45, 7) is 4.11.